The predicted octanol–water partition coefficient (Wildman–Crippen LogP) is 3.62. The minimum absolute atomic E-state index is 0.0262. The molecule has 3 unspecified atom stereocenters. The van der Waals surface area contributed by atoms with Crippen LogP contribution in [0.15, 0.2) is 41.2 Å². The molecule has 1 saturated carbocycles. The van der Waals surface area contributed by atoms with Crippen LogP contribution in [0.4, 0.5) is 0 Å². The van der Waals surface area contributed by atoms with E-state index in [1.807, 2.05) is 19.0 Å². The number of aromatic nitrogens is 1. The number of fused-ring (bicyclic) bond motifs is 1. The van der Waals surface area contributed by atoms with E-state index in [0.717, 1.165) is 0 Å². The number of aliphatic hydroxyl groups is 1. The van der Waals surface area contributed by atoms with Crippen LogP contribution < -0.4 is 15.6 Å². The first kappa shape index (κ1) is 26.0. The van der Waals surface area contributed by atoms with E-state index in [1.165, 1.54) is 14.0 Å². The second kappa shape index (κ2) is 10.1. The molecule has 0 radical (unpaired) electrons. The van der Waals surface area contributed by atoms with E-state index in [1.54, 1.807) is 36.4 Å². The molecule has 4 N–H and O–H groups in total. The highest BCUT2D eigenvalue weighted by Crippen LogP contribution is 2.49. The van der Waals surface area contributed by atoms with E-state index in [-0.39, 0.29) is 29.2 Å². The van der Waals surface area contributed by atoms with E-state index in [4.69, 9.17) is 16.3 Å². The molecule has 3 aromatic rings. The molecular weight excluding hydrogens is 482 g/mol. The van der Waals surface area contributed by atoms with Gasteiger partial charge < -0.3 is 30.2 Å². The van der Waals surface area contributed by atoms with Crippen LogP contribution >= 0.6 is 11.6 Å². The number of amides is 1. The van der Waals surface area contributed by atoms with Gasteiger partial charge in [0.05, 0.1) is 23.8 Å². The summed E-state index contributed by atoms with van der Waals surface area (Å²) in [4.78, 5) is 29.9. The number of rotatable bonds is 6. The lowest BCUT2D eigenvalue weighted by atomic mass is 9.68. The van der Waals surface area contributed by atoms with Crippen molar-refractivity contribution in [1.29, 1.82) is 0 Å². The third kappa shape index (κ3) is 4.81. The van der Waals surface area contributed by atoms with Crippen LogP contribution in [0, 0.1) is 5.92 Å². The SMILES string of the molecule is COc1cccc(C2(O)CCC(NC(C)=O)CC2CN(C)C)c1-c1c(O)c2ccc(Cl)cc2[nH]c1=O. The number of hydrogen-bond donors (Lipinski definition) is 4. The summed E-state index contributed by atoms with van der Waals surface area (Å²) in [6, 6.07) is 10.1. The van der Waals surface area contributed by atoms with Gasteiger partial charge in [-0.1, -0.05) is 23.7 Å². The fourth-order valence-corrected chi connectivity index (χ4v) is 5.67. The summed E-state index contributed by atoms with van der Waals surface area (Å²) in [5, 5.41) is 27.4. The van der Waals surface area contributed by atoms with Crippen LogP contribution in [0.25, 0.3) is 22.0 Å². The monoisotopic (exact) mass is 513 g/mol. The molecule has 9 heteroatoms. The van der Waals surface area contributed by atoms with Gasteiger partial charge in [-0.25, -0.2) is 0 Å². The van der Waals surface area contributed by atoms with Gasteiger partial charge in [-0.05, 0) is 63.2 Å². The molecule has 0 saturated heterocycles. The molecular formula is C27H32ClN3O5. The number of pyridine rings is 1. The molecule has 1 aliphatic rings. The quantitative estimate of drug-likeness (QED) is 0.400. The van der Waals surface area contributed by atoms with Crippen LogP contribution in [0.2, 0.25) is 5.02 Å². The van der Waals surface area contributed by atoms with Gasteiger partial charge >= 0.3 is 0 Å². The lowest BCUT2D eigenvalue weighted by molar-refractivity contribution is -0.121. The number of carbonyl (C=O) groups is 1. The van der Waals surface area contributed by atoms with Gasteiger partial charge in [-0.2, -0.15) is 0 Å². The highest BCUT2D eigenvalue weighted by Gasteiger charge is 2.46. The predicted molar refractivity (Wildman–Crippen MR) is 141 cm³/mol. The second-order valence-electron chi connectivity index (χ2n) is 9.81. The maximum absolute atomic E-state index is 13.4. The molecule has 0 bridgehead atoms. The van der Waals surface area contributed by atoms with E-state index < -0.39 is 11.2 Å². The fourth-order valence-electron chi connectivity index (χ4n) is 5.50. The van der Waals surface area contributed by atoms with Crippen molar-refractivity contribution in [3.05, 3.63) is 57.3 Å². The summed E-state index contributed by atoms with van der Waals surface area (Å²) in [7, 11) is 5.35. The fraction of sp³-hybridized carbons (Fsp3) is 0.407. The smallest absolute Gasteiger partial charge is 0.260 e. The Kier molecular flexibility index (Phi) is 7.31. The van der Waals surface area contributed by atoms with E-state index in [2.05, 4.69) is 10.3 Å². The average Bonchev–Trinajstić information content (AvgIpc) is 2.80. The third-order valence-electron chi connectivity index (χ3n) is 7.02. The molecule has 4 rings (SSSR count). The van der Waals surface area contributed by atoms with Crippen LogP contribution in [-0.4, -0.2) is 59.8 Å². The summed E-state index contributed by atoms with van der Waals surface area (Å²) < 4.78 is 5.64. The summed E-state index contributed by atoms with van der Waals surface area (Å²) in [6.45, 7) is 2.05. The topological polar surface area (TPSA) is 115 Å². The zero-order valence-corrected chi connectivity index (χ0v) is 21.6. The number of carbonyl (C=O) groups excluding carboxylic acids is 1. The Hall–Kier alpha value is -3.07. The van der Waals surface area contributed by atoms with Crippen molar-refractivity contribution < 1.29 is 19.7 Å². The number of hydrogen-bond acceptors (Lipinski definition) is 6. The van der Waals surface area contributed by atoms with Crippen molar-refractivity contribution in [3.8, 4) is 22.6 Å². The Labute approximate surface area is 214 Å². The van der Waals surface area contributed by atoms with E-state index in [0.29, 0.717) is 58.6 Å². The Balaban J connectivity index is 1.94. The summed E-state index contributed by atoms with van der Waals surface area (Å²) in [6.07, 6.45) is 1.48. The van der Waals surface area contributed by atoms with Crippen LogP contribution in [0.5, 0.6) is 11.5 Å². The van der Waals surface area contributed by atoms with Gasteiger partial charge in [0.15, 0.2) is 0 Å². The third-order valence-corrected chi connectivity index (χ3v) is 7.26. The van der Waals surface area contributed by atoms with Crippen LogP contribution in [-0.2, 0) is 10.4 Å². The number of halogens is 1. The van der Waals surface area contributed by atoms with E-state index >= 15 is 0 Å². The second-order valence-corrected chi connectivity index (χ2v) is 10.2. The molecule has 1 amide bonds. The molecule has 192 valence electrons. The van der Waals surface area contributed by atoms with Gasteiger partial charge in [-0.3, -0.25) is 9.59 Å². The molecule has 2 aromatic carbocycles. The van der Waals surface area contributed by atoms with Gasteiger partial charge in [0.1, 0.15) is 11.5 Å². The van der Waals surface area contributed by atoms with Crippen molar-refractivity contribution in [2.75, 3.05) is 27.7 Å². The minimum Gasteiger partial charge on any atom is -0.506 e. The molecule has 8 nitrogen and oxygen atoms in total. The number of aromatic hydroxyl groups is 1. The standard InChI is InChI=1S/C27H32ClN3O5/c1-15(32)29-18-10-11-27(35,16(12-18)14-31(2)3)20-6-5-7-22(36-4)23(20)24-25(33)19-9-8-17(28)13-21(19)30-26(24)34/h5-9,13,16,18,35H,10-12,14H2,1-4H3,(H,29,32)(H2,30,33,34). The Morgan fingerprint density at radius 3 is 2.69 bits per heavy atom. The molecule has 3 atom stereocenters. The zero-order chi connectivity index (χ0) is 26.2. The first-order valence-corrected chi connectivity index (χ1v) is 12.3. The molecule has 1 aromatic heterocycles. The number of aromatic amines is 1. The van der Waals surface area contributed by atoms with Crippen molar-refractivity contribution >= 4 is 28.4 Å². The van der Waals surface area contributed by atoms with Gasteiger partial charge in [-0.15, -0.1) is 0 Å². The van der Waals surface area contributed by atoms with Gasteiger partial charge in [0.25, 0.3) is 5.56 Å². The number of methoxy groups -OCH3 is 1. The lowest BCUT2D eigenvalue weighted by Gasteiger charge is -2.45. The Morgan fingerprint density at radius 1 is 1.28 bits per heavy atom. The van der Waals surface area contributed by atoms with Crippen molar-refractivity contribution in [3.63, 3.8) is 0 Å². The van der Waals surface area contributed by atoms with Crippen LogP contribution in [0.3, 0.4) is 0 Å². The maximum Gasteiger partial charge on any atom is 0.260 e. The summed E-state index contributed by atoms with van der Waals surface area (Å²) in [5.74, 6) is -0.216. The molecule has 1 fully saturated rings. The minimum atomic E-state index is -1.34. The highest BCUT2D eigenvalue weighted by molar-refractivity contribution is 6.31. The molecule has 36 heavy (non-hydrogen) atoms. The number of H-pyrrole nitrogens is 1. The van der Waals surface area contributed by atoms with Gasteiger partial charge in [0, 0.05) is 41.4 Å². The Morgan fingerprint density at radius 2 is 2.03 bits per heavy atom. The Bertz CT molecular complexity index is 1360. The summed E-state index contributed by atoms with van der Waals surface area (Å²) >= 11 is 6.09. The van der Waals surface area contributed by atoms with Crippen molar-refractivity contribution in [1.82, 2.24) is 15.2 Å². The maximum atomic E-state index is 13.4. The van der Waals surface area contributed by atoms with Crippen molar-refractivity contribution in [2.45, 2.75) is 37.8 Å². The average molecular weight is 514 g/mol. The number of nitrogens with zero attached hydrogens (tertiary/aromatic N) is 1. The molecule has 0 aliphatic heterocycles. The molecule has 1 heterocycles. The largest absolute Gasteiger partial charge is 0.506 e. The lowest BCUT2D eigenvalue weighted by Crippen LogP contribution is -2.50. The first-order valence-electron chi connectivity index (χ1n) is 11.9. The zero-order valence-electron chi connectivity index (χ0n) is 20.9. The van der Waals surface area contributed by atoms with Gasteiger partial charge in [0.2, 0.25) is 5.91 Å². The normalized spacial score (nSPS) is 22.1. The molecule has 1 aliphatic carbocycles. The number of nitrogens with one attached hydrogen (secondary N) is 2. The highest BCUT2D eigenvalue weighted by atomic mass is 35.5. The first-order chi connectivity index (χ1) is 17.0. The van der Waals surface area contributed by atoms with Crippen LogP contribution in [0.1, 0.15) is 31.7 Å². The summed E-state index contributed by atoms with van der Waals surface area (Å²) in [5.41, 5.74) is -0.572. The van der Waals surface area contributed by atoms with Crippen molar-refractivity contribution in [2.24, 2.45) is 5.92 Å². The number of ether oxygens (including phenoxy) is 1. The molecule has 0 spiro atoms. The van der Waals surface area contributed by atoms with E-state index in [9.17, 15) is 19.8 Å². The number of benzene rings is 2.